The molecule has 3 N–H and O–H groups in total. The summed E-state index contributed by atoms with van der Waals surface area (Å²) < 4.78 is 0. The lowest BCUT2D eigenvalue weighted by Crippen LogP contribution is -1.91. The zero-order valence-corrected chi connectivity index (χ0v) is 11.7. The van der Waals surface area contributed by atoms with Gasteiger partial charge in [0.1, 0.15) is 11.5 Å². The van der Waals surface area contributed by atoms with E-state index in [1.165, 1.54) is 12.1 Å². The number of nitrogens with zero attached hydrogens (tertiary/aromatic N) is 2. The summed E-state index contributed by atoms with van der Waals surface area (Å²) in [5.41, 5.74) is 3.17. The van der Waals surface area contributed by atoms with Gasteiger partial charge in [-0.05, 0) is 23.8 Å². The topological polar surface area (TPSA) is 82.0 Å². The van der Waals surface area contributed by atoms with Gasteiger partial charge in [-0.1, -0.05) is 11.6 Å². The van der Waals surface area contributed by atoms with Gasteiger partial charge in [0.2, 0.25) is 0 Å². The van der Waals surface area contributed by atoms with Crippen LogP contribution in [0.25, 0.3) is 11.3 Å². The maximum atomic E-state index is 10.0. The highest BCUT2D eigenvalue weighted by Gasteiger charge is 2.15. The fourth-order valence-corrected chi connectivity index (χ4v) is 2.31. The Kier molecular flexibility index (Phi) is 3.50. The lowest BCUT2D eigenvalue weighted by molar-refractivity contribution is 0.452. The van der Waals surface area contributed by atoms with Crippen LogP contribution < -0.4 is 0 Å². The van der Waals surface area contributed by atoms with Crippen molar-refractivity contribution in [2.24, 2.45) is 0 Å². The quantitative estimate of drug-likeness (QED) is 0.694. The first kappa shape index (κ1) is 13.5. The Morgan fingerprint density at radius 1 is 1.10 bits per heavy atom. The molecule has 0 atom stereocenters. The number of hydrogen-bond acceptors (Lipinski definition) is 4. The van der Waals surface area contributed by atoms with Gasteiger partial charge in [0.05, 0.1) is 16.9 Å². The van der Waals surface area contributed by atoms with E-state index in [1.807, 2.05) is 12.1 Å². The molecule has 6 heteroatoms. The van der Waals surface area contributed by atoms with E-state index in [-0.39, 0.29) is 16.5 Å². The lowest BCUT2D eigenvalue weighted by Gasteiger charge is -2.07. The van der Waals surface area contributed by atoms with Crippen molar-refractivity contribution in [3.05, 3.63) is 59.0 Å². The number of H-pyrrole nitrogens is 1. The van der Waals surface area contributed by atoms with Crippen molar-refractivity contribution in [3.63, 3.8) is 0 Å². The zero-order valence-electron chi connectivity index (χ0n) is 10.9. The number of halogens is 1. The molecule has 0 spiro atoms. The largest absolute Gasteiger partial charge is 0.507 e. The standard InChI is InChI=1S/C15H12ClN3O2/c16-12-6-11(13(20)7-14(12)21)15-10(8-18-19-15)5-9-1-3-17-4-2-9/h1-4,6-8,20-21H,5H2,(H,18,19). The van der Waals surface area contributed by atoms with Crippen LogP contribution in [-0.2, 0) is 6.42 Å². The number of hydrogen-bond donors (Lipinski definition) is 3. The number of phenolic OH excluding ortho intramolecular Hbond substituents is 2. The van der Waals surface area contributed by atoms with Crippen LogP contribution in [0.3, 0.4) is 0 Å². The lowest BCUT2D eigenvalue weighted by atomic mass is 10.0. The number of rotatable bonds is 3. The second-order valence-electron chi connectivity index (χ2n) is 4.62. The number of nitrogens with one attached hydrogen (secondary N) is 1. The van der Waals surface area contributed by atoms with Crippen molar-refractivity contribution in [1.82, 2.24) is 15.2 Å². The monoisotopic (exact) mass is 301 g/mol. The van der Waals surface area contributed by atoms with Crippen LogP contribution in [-0.4, -0.2) is 25.4 Å². The van der Waals surface area contributed by atoms with Crippen LogP contribution in [0.1, 0.15) is 11.1 Å². The highest BCUT2D eigenvalue weighted by atomic mass is 35.5. The number of aromatic amines is 1. The van der Waals surface area contributed by atoms with Crippen LogP contribution in [0.15, 0.2) is 42.9 Å². The van der Waals surface area contributed by atoms with Crippen LogP contribution in [0.5, 0.6) is 11.5 Å². The smallest absolute Gasteiger partial charge is 0.137 e. The first-order chi connectivity index (χ1) is 10.1. The Balaban J connectivity index is 2.01. The molecule has 0 bridgehead atoms. The number of aromatic hydroxyl groups is 2. The molecule has 21 heavy (non-hydrogen) atoms. The molecule has 0 fully saturated rings. The Morgan fingerprint density at radius 2 is 1.86 bits per heavy atom. The van der Waals surface area contributed by atoms with Gasteiger partial charge in [-0.3, -0.25) is 10.1 Å². The highest BCUT2D eigenvalue weighted by molar-refractivity contribution is 6.32. The van der Waals surface area contributed by atoms with Crippen molar-refractivity contribution in [2.45, 2.75) is 6.42 Å². The summed E-state index contributed by atoms with van der Waals surface area (Å²) in [6.45, 7) is 0. The van der Waals surface area contributed by atoms with E-state index in [0.29, 0.717) is 17.7 Å². The van der Waals surface area contributed by atoms with Gasteiger partial charge in [-0.15, -0.1) is 0 Å². The van der Waals surface area contributed by atoms with Crippen molar-refractivity contribution >= 4 is 11.6 Å². The minimum Gasteiger partial charge on any atom is -0.507 e. The molecule has 106 valence electrons. The molecule has 0 saturated heterocycles. The van der Waals surface area contributed by atoms with E-state index in [0.717, 1.165) is 11.1 Å². The number of aromatic nitrogens is 3. The summed E-state index contributed by atoms with van der Waals surface area (Å²) in [5.74, 6) is -0.217. The van der Waals surface area contributed by atoms with Gasteiger partial charge in [0, 0.05) is 36.0 Å². The van der Waals surface area contributed by atoms with Gasteiger partial charge < -0.3 is 10.2 Å². The van der Waals surface area contributed by atoms with Gasteiger partial charge in [-0.25, -0.2) is 0 Å². The van der Waals surface area contributed by atoms with Crippen LogP contribution >= 0.6 is 11.6 Å². The summed E-state index contributed by atoms with van der Waals surface area (Å²) >= 11 is 5.91. The molecule has 0 saturated carbocycles. The number of benzene rings is 1. The molecule has 3 rings (SSSR count). The molecule has 0 aliphatic heterocycles. The third kappa shape index (κ3) is 2.68. The number of pyridine rings is 1. The molecule has 5 nitrogen and oxygen atoms in total. The van der Waals surface area contributed by atoms with Crippen molar-refractivity contribution < 1.29 is 10.2 Å². The first-order valence-corrected chi connectivity index (χ1v) is 6.66. The predicted octanol–water partition coefficient (Wildman–Crippen LogP) is 3.13. The summed E-state index contributed by atoms with van der Waals surface area (Å²) in [4.78, 5) is 3.98. The van der Waals surface area contributed by atoms with Crippen molar-refractivity contribution in [3.8, 4) is 22.8 Å². The fraction of sp³-hybridized carbons (Fsp3) is 0.0667. The van der Waals surface area contributed by atoms with Crippen molar-refractivity contribution in [2.75, 3.05) is 0 Å². The fourth-order valence-electron chi connectivity index (χ4n) is 2.15. The molecule has 3 aromatic rings. The first-order valence-electron chi connectivity index (χ1n) is 6.28. The third-order valence-corrected chi connectivity index (χ3v) is 3.50. The molecular weight excluding hydrogens is 290 g/mol. The van der Waals surface area contributed by atoms with Gasteiger partial charge in [-0.2, -0.15) is 5.10 Å². The predicted molar refractivity (Wildman–Crippen MR) is 79.4 cm³/mol. The maximum absolute atomic E-state index is 10.0. The molecule has 0 aliphatic rings. The summed E-state index contributed by atoms with van der Waals surface area (Å²) in [7, 11) is 0. The molecule has 0 amide bonds. The number of phenols is 2. The second-order valence-corrected chi connectivity index (χ2v) is 5.03. The zero-order chi connectivity index (χ0) is 14.8. The molecule has 0 radical (unpaired) electrons. The Hall–Kier alpha value is -2.53. The van der Waals surface area contributed by atoms with Gasteiger partial charge in [0.15, 0.2) is 0 Å². The van der Waals surface area contributed by atoms with Gasteiger partial charge in [0.25, 0.3) is 0 Å². The van der Waals surface area contributed by atoms with Crippen molar-refractivity contribution in [1.29, 1.82) is 0 Å². The maximum Gasteiger partial charge on any atom is 0.137 e. The van der Waals surface area contributed by atoms with Gasteiger partial charge >= 0.3 is 0 Å². The Morgan fingerprint density at radius 3 is 2.62 bits per heavy atom. The van der Waals surface area contributed by atoms with Crippen LogP contribution in [0.2, 0.25) is 5.02 Å². The minimum atomic E-state index is -0.159. The third-order valence-electron chi connectivity index (χ3n) is 3.20. The molecule has 2 aromatic heterocycles. The minimum absolute atomic E-state index is 0.0582. The molecule has 0 unspecified atom stereocenters. The Labute approximate surface area is 125 Å². The molecule has 2 heterocycles. The SMILES string of the molecule is Oc1cc(O)c(-c2[nH]ncc2Cc2ccncc2)cc1Cl. The average molecular weight is 302 g/mol. The van der Waals surface area contributed by atoms with E-state index < -0.39 is 0 Å². The van der Waals surface area contributed by atoms with E-state index in [9.17, 15) is 10.2 Å². The summed E-state index contributed by atoms with van der Waals surface area (Å²) in [6.07, 6.45) is 5.80. The van der Waals surface area contributed by atoms with E-state index >= 15 is 0 Å². The average Bonchev–Trinajstić information content (AvgIpc) is 2.92. The normalized spacial score (nSPS) is 10.7. The van der Waals surface area contributed by atoms with E-state index in [2.05, 4.69) is 15.2 Å². The second kappa shape index (κ2) is 5.46. The Bertz CT molecular complexity index is 772. The molecule has 1 aromatic carbocycles. The molecular formula is C15H12ClN3O2. The van der Waals surface area contributed by atoms with Crippen LogP contribution in [0, 0.1) is 0 Å². The summed E-state index contributed by atoms with van der Waals surface area (Å²) in [6, 6.07) is 6.56. The van der Waals surface area contributed by atoms with E-state index in [4.69, 9.17) is 11.6 Å². The van der Waals surface area contributed by atoms with E-state index in [1.54, 1.807) is 18.6 Å². The molecule has 0 aliphatic carbocycles. The summed E-state index contributed by atoms with van der Waals surface area (Å²) in [5, 5.41) is 26.6. The highest BCUT2D eigenvalue weighted by Crippen LogP contribution is 2.37. The van der Waals surface area contributed by atoms with Crippen LogP contribution in [0.4, 0.5) is 0 Å².